The van der Waals surface area contributed by atoms with Gasteiger partial charge in [-0.05, 0) is 31.9 Å². The predicted octanol–water partition coefficient (Wildman–Crippen LogP) is 7.09. The zero-order valence-electron chi connectivity index (χ0n) is 16.2. The molecule has 0 saturated heterocycles. The Morgan fingerprint density at radius 3 is 1.47 bits per heavy atom. The maximum absolute atomic E-state index is 14.0. The Morgan fingerprint density at radius 1 is 0.694 bits per heavy atom. The first-order chi connectivity index (χ1) is 15.6. The predicted molar refractivity (Wildman–Crippen MR) is 105 cm³/mol. The van der Waals surface area contributed by atoms with E-state index in [2.05, 4.69) is 38.4 Å². The van der Waals surface area contributed by atoms with E-state index in [1.807, 2.05) is 0 Å². The van der Waals surface area contributed by atoms with Crippen LogP contribution in [0, 0.1) is 0 Å². The van der Waals surface area contributed by atoms with Crippen LogP contribution in [0.3, 0.4) is 0 Å². The molecule has 0 radical (unpaired) electrons. The third-order valence-electron chi connectivity index (χ3n) is 4.24. The van der Waals surface area contributed by atoms with Crippen molar-refractivity contribution in [1.82, 2.24) is 0 Å². The summed E-state index contributed by atoms with van der Waals surface area (Å²) in [5, 5.41) is 0.178. The van der Waals surface area contributed by atoms with Crippen LogP contribution in [0.5, 0.6) is 0 Å². The summed E-state index contributed by atoms with van der Waals surface area (Å²) >= 11 is 5.47. The molecule has 1 aromatic heterocycles. The summed E-state index contributed by atoms with van der Waals surface area (Å²) in [6, 6.07) is 0. The second-order valence-electron chi connectivity index (χ2n) is 6.59. The molecule has 0 N–H and O–H groups in total. The SMILES string of the molecule is C=CS(=O)(=O)c1c(Br)sc(Br)c1S(=O)(=O)CCC(F)(F)C(F)(F)C(F)(F)C(F)(F)C(F)(F)C(F)(F)F. The normalized spacial score (nSPS) is 15.3. The molecule has 0 aliphatic carbocycles. The minimum Gasteiger partial charge on any atom is -0.224 e. The third kappa shape index (κ3) is 5.16. The van der Waals surface area contributed by atoms with E-state index in [9.17, 15) is 73.9 Å². The summed E-state index contributed by atoms with van der Waals surface area (Å²) in [6.07, 6.45) is -10.6. The average molecular weight is 742 g/mol. The van der Waals surface area contributed by atoms with Gasteiger partial charge < -0.3 is 0 Å². The second kappa shape index (κ2) is 9.54. The number of thiophene rings is 1. The highest BCUT2D eigenvalue weighted by Gasteiger charge is 2.90. The molecule has 0 aromatic carbocycles. The van der Waals surface area contributed by atoms with Crippen LogP contribution in [0.15, 0.2) is 29.4 Å². The highest BCUT2D eigenvalue weighted by Crippen LogP contribution is 2.60. The molecule has 4 nitrogen and oxygen atoms in total. The molecule has 36 heavy (non-hydrogen) atoms. The van der Waals surface area contributed by atoms with Gasteiger partial charge in [-0.2, -0.15) is 57.1 Å². The van der Waals surface area contributed by atoms with Crippen molar-refractivity contribution >= 4 is 62.9 Å². The number of halogens is 15. The van der Waals surface area contributed by atoms with Gasteiger partial charge in [-0.15, -0.1) is 11.3 Å². The molecule has 1 rings (SSSR count). The zero-order chi connectivity index (χ0) is 29.1. The van der Waals surface area contributed by atoms with Gasteiger partial charge in [0, 0.05) is 11.8 Å². The maximum atomic E-state index is 14.0. The van der Waals surface area contributed by atoms with Gasteiger partial charge in [0.25, 0.3) is 0 Å². The van der Waals surface area contributed by atoms with Gasteiger partial charge in [0.2, 0.25) is 9.84 Å². The van der Waals surface area contributed by atoms with Crippen molar-refractivity contribution in [2.45, 2.75) is 52.0 Å². The highest BCUT2D eigenvalue weighted by molar-refractivity contribution is 9.12. The lowest BCUT2D eigenvalue weighted by atomic mass is 9.93. The highest BCUT2D eigenvalue weighted by atomic mass is 79.9. The Hall–Kier alpha value is -0.610. The quantitative estimate of drug-likeness (QED) is 0.240. The van der Waals surface area contributed by atoms with E-state index in [1.165, 1.54) is 0 Å². The van der Waals surface area contributed by atoms with E-state index in [4.69, 9.17) is 0 Å². The Morgan fingerprint density at radius 2 is 1.08 bits per heavy atom. The molecule has 0 spiro atoms. The first kappa shape index (κ1) is 33.4. The molecule has 0 aliphatic heterocycles. The summed E-state index contributed by atoms with van der Waals surface area (Å²) in [5.74, 6) is -40.8. The number of hydrogen-bond acceptors (Lipinski definition) is 5. The molecule has 0 atom stereocenters. The molecule has 0 aliphatic rings. The number of hydrogen-bond donors (Lipinski definition) is 0. The molecule has 0 fully saturated rings. The zero-order valence-corrected chi connectivity index (χ0v) is 21.8. The Balaban J connectivity index is 3.53. The molecule has 0 unspecified atom stereocenters. The van der Waals surface area contributed by atoms with Crippen molar-refractivity contribution < 1.29 is 73.9 Å². The maximum Gasteiger partial charge on any atom is 0.460 e. The van der Waals surface area contributed by atoms with Crippen LogP contribution in [0.25, 0.3) is 0 Å². The van der Waals surface area contributed by atoms with Crippen molar-refractivity contribution in [3.8, 4) is 0 Å². The third-order valence-corrected chi connectivity index (χ3v) is 10.9. The summed E-state index contributed by atoms with van der Waals surface area (Å²) < 4.78 is 219. The molecule has 0 bridgehead atoms. The number of sulfone groups is 2. The van der Waals surface area contributed by atoms with Crippen molar-refractivity contribution in [1.29, 1.82) is 0 Å². The van der Waals surface area contributed by atoms with Crippen molar-refractivity contribution in [2.24, 2.45) is 0 Å². The van der Waals surface area contributed by atoms with Crippen LogP contribution in [-0.2, 0) is 19.7 Å². The molecular formula is C14H7Br2F13O4S3. The van der Waals surface area contributed by atoms with E-state index in [0.717, 1.165) is 0 Å². The molecule has 22 heteroatoms. The van der Waals surface area contributed by atoms with Gasteiger partial charge in [-0.1, -0.05) is 6.58 Å². The fraction of sp³-hybridized carbons (Fsp3) is 0.571. The van der Waals surface area contributed by atoms with E-state index >= 15 is 0 Å². The number of rotatable bonds is 10. The van der Waals surface area contributed by atoms with Crippen LogP contribution < -0.4 is 0 Å². The lowest BCUT2D eigenvalue weighted by Gasteiger charge is -2.39. The largest absolute Gasteiger partial charge is 0.460 e. The molecule has 210 valence electrons. The topological polar surface area (TPSA) is 68.3 Å². The van der Waals surface area contributed by atoms with Crippen LogP contribution in [0.1, 0.15) is 6.42 Å². The smallest absolute Gasteiger partial charge is 0.224 e. The Labute approximate surface area is 213 Å². The van der Waals surface area contributed by atoms with E-state index < -0.39 is 85.0 Å². The Kier molecular flexibility index (Phi) is 8.86. The Bertz CT molecular complexity index is 1240. The van der Waals surface area contributed by atoms with E-state index in [1.54, 1.807) is 0 Å². The second-order valence-corrected chi connectivity index (χ2v) is 14.1. The fourth-order valence-electron chi connectivity index (χ4n) is 2.26. The molecule has 0 amide bonds. The molecule has 1 heterocycles. The summed E-state index contributed by atoms with van der Waals surface area (Å²) in [4.78, 5) is -2.52. The lowest BCUT2D eigenvalue weighted by molar-refractivity contribution is -0.439. The number of alkyl halides is 13. The van der Waals surface area contributed by atoms with Crippen LogP contribution in [0.2, 0.25) is 0 Å². The fourth-order valence-corrected chi connectivity index (χ4v) is 10.5. The van der Waals surface area contributed by atoms with Gasteiger partial charge in [-0.3, -0.25) is 0 Å². The van der Waals surface area contributed by atoms with E-state index in [-0.39, 0.29) is 5.41 Å². The first-order valence-electron chi connectivity index (χ1n) is 8.10. The minimum absolute atomic E-state index is 0.178. The van der Waals surface area contributed by atoms with Gasteiger partial charge in [-0.25, -0.2) is 16.8 Å². The summed E-state index contributed by atoms with van der Waals surface area (Å²) in [7, 11) is -10.2. The van der Waals surface area contributed by atoms with Crippen molar-refractivity contribution in [3.05, 3.63) is 19.6 Å². The first-order valence-corrected chi connectivity index (χ1v) is 13.7. The lowest BCUT2D eigenvalue weighted by Crippen LogP contribution is -2.70. The standard InChI is InChI=1S/C14H7Br2F13O4S3/c1-2-35(30,31)5-6(8(16)34-7(5)15)36(32,33)4-3-9(17,18)10(19,20)11(21,22)12(23,24)13(25,26)14(27,28)29/h2H,1,3-4H2. The summed E-state index contributed by atoms with van der Waals surface area (Å²) in [6.45, 7) is 2.86. The summed E-state index contributed by atoms with van der Waals surface area (Å²) in [5.41, 5.74) is 0. The van der Waals surface area contributed by atoms with Crippen LogP contribution >= 0.6 is 43.2 Å². The van der Waals surface area contributed by atoms with Crippen LogP contribution in [0.4, 0.5) is 57.1 Å². The molecule has 1 aromatic rings. The minimum atomic E-state index is -8.13. The van der Waals surface area contributed by atoms with Crippen molar-refractivity contribution in [2.75, 3.05) is 5.75 Å². The van der Waals surface area contributed by atoms with Gasteiger partial charge >= 0.3 is 35.8 Å². The van der Waals surface area contributed by atoms with Crippen LogP contribution in [-0.4, -0.2) is 58.4 Å². The van der Waals surface area contributed by atoms with Crippen molar-refractivity contribution in [3.63, 3.8) is 0 Å². The monoisotopic (exact) mass is 740 g/mol. The van der Waals surface area contributed by atoms with E-state index in [0.29, 0.717) is 11.3 Å². The average Bonchev–Trinajstić information content (AvgIpc) is 3.00. The van der Waals surface area contributed by atoms with Gasteiger partial charge in [0.1, 0.15) is 9.79 Å². The van der Waals surface area contributed by atoms with Gasteiger partial charge in [0.15, 0.2) is 9.84 Å². The molecular weight excluding hydrogens is 735 g/mol. The van der Waals surface area contributed by atoms with Gasteiger partial charge in [0.05, 0.1) is 13.3 Å². The molecule has 0 saturated carbocycles.